The van der Waals surface area contributed by atoms with E-state index in [1.54, 1.807) is 4.90 Å². The summed E-state index contributed by atoms with van der Waals surface area (Å²) >= 11 is 0. The molecule has 0 N–H and O–H groups in total. The number of tetrazole rings is 1. The summed E-state index contributed by atoms with van der Waals surface area (Å²) < 4.78 is 11.4. The molecule has 1 aromatic heterocycles. The largest absolute Gasteiger partial charge is 0.485 e. The third-order valence-electron chi connectivity index (χ3n) is 3.80. The van der Waals surface area contributed by atoms with Crippen molar-refractivity contribution in [1.82, 2.24) is 25.1 Å². The maximum atomic E-state index is 12.5. The van der Waals surface area contributed by atoms with Gasteiger partial charge in [-0.2, -0.15) is 4.80 Å². The average Bonchev–Trinajstić information content (AvgIpc) is 2.99. The fourth-order valence-electron chi connectivity index (χ4n) is 2.93. The van der Waals surface area contributed by atoms with Crippen molar-refractivity contribution >= 4 is 5.91 Å². The number of hydrogen-bond acceptors (Lipinski definition) is 6. The molecular formula is C17H23N5O3. The topological polar surface area (TPSA) is 82.4 Å². The third kappa shape index (κ3) is 4.76. The van der Waals surface area contributed by atoms with Gasteiger partial charge in [-0.1, -0.05) is 18.2 Å². The summed E-state index contributed by atoms with van der Waals surface area (Å²) in [4.78, 5) is 15.6. The van der Waals surface area contributed by atoms with Crippen LogP contribution in [-0.4, -0.2) is 55.8 Å². The second kappa shape index (κ2) is 7.18. The first-order chi connectivity index (χ1) is 11.9. The molecule has 0 saturated carbocycles. The van der Waals surface area contributed by atoms with Crippen LogP contribution in [0.5, 0.6) is 5.75 Å². The highest BCUT2D eigenvalue weighted by Crippen LogP contribution is 2.20. The Morgan fingerprint density at radius 3 is 2.84 bits per heavy atom. The molecule has 0 bridgehead atoms. The SMILES string of the molecule is CC1CN(C(=O)Cn2nnc(COc3ccccc3)n2)CC(C)(C)O1. The molecule has 1 fully saturated rings. The number of amides is 1. The highest BCUT2D eigenvalue weighted by atomic mass is 16.5. The van der Waals surface area contributed by atoms with Crippen molar-refractivity contribution in [2.75, 3.05) is 13.1 Å². The number of aromatic nitrogens is 4. The molecule has 1 unspecified atom stereocenters. The number of benzene rings is 1. The summed E-state index contributed by atoms with van der Waals surface area (Å²) in [5.74, 6) is 1.13. The fraction of sp³-hybridized carbons (Fsp3) is 0.529. The molecule has 0 spiro atoms. The monoisotopic (exact) mass is 345 g/mol. The predicted octanol–water partition coefficient (Wildman–Crippen LogP) is 1.28. The summed E-state index contributed by atoms with van der Waals surface area (Å²) in [6, 6.07) is 9.41. The van der Waals surface area contributed by atoms with E-state index in [1.807, 2.05) is 51.1 Å². The molecule has 1 saturated heterocycles. The highest BCUT2D eigenvalue weighted by Gasteiger charge is 2.33. The lowest BCUT2D eigenvalue weighted by atomic mass is 10.1. The van der Waals surface area contributed by atoms with Crippen LogP contribution in [0, 0.1) is 0 Å². The van der Waals surface area contributed by atoms with E-state index in [9.17, 15) is 4.79 Å². The molecule has 2 aromatic rings. The Labute approximate surface area is 146 Å². The number of carbonyl (C=O) groups is 1. The maximum Gasteiger partial charge on any atom is 0.246 e. The molecule has 8 heteroatoms. The van der Waals surface area contributed by atoms with Crippen molar-refractivity contribution in [3.8, 4) is 5.75 Å². The summed E-state index contributed by atoms with van der Waals surface area (Å²) in [5, 5.41) is 12.1. The average molecular weight is 345 g/mol. The van der Waals surface area contributed by atoms with E-state index in [0.29, 0.717) is 18.9 Å². The highest BCUT2D eigenvalue weighted by molar-refractivity contribution is 5.76. The van der Waals surface area contributed by atoms with E-state index in [4.69, 9.17) is 9.47 Å². The molecule has 1 aliphatic rings. The van der Waals surface area contributed by atoms with E-state index in [2.05, 4.69) is 15.4 Å². The fourth-order valence-corrected chi connectivity index (χ4v) is 2.93. The van der Waals surface area contributed by atoms with Crippen LogP contribution in [-0.2, 0) is 22.7 Å². The van der Waals surface area contributed by atoms with Crippen LogP contribution in [0.25, 0.3) is 0 Å². The van der Waals surface area contributed by atoms with E-state index >= 15 is 0 Å². The van der Waals surface area contributed by atoms with Crippen LogP contribution < -0.4 is 4.74 Å². The molecule has 1 atom stereocenters. The Morgan fingerprint density at radius 1 is 1.36 bits per heavy atom. The van der Waals surface area contributed by atoms with Crippen LogP contribution in [0.4, 0.5) is 0 Å². The predicted molar refractivity (Wildman–Crippen MR) is 89.8 cm³/mol. The van der Waals surface area contributed by atoms with Gasteiger partial charge in [0.1, 0.15) is 12.3 Å². The first-order valence-electron chi connectivity index (χ1n) is 8.31. The van der Waals surface area contributed by atoms with Gasteiger partial charge < -0.3 is 14.4 Å². The summed E-state index contributed by atoms with van der Waals surface area (Å²) in [7, 11) is 0. The van der Waals surface area contributed by atoms with Gasteiger partial charge in [0.25, 0.3) is 0 Å². The quantitative estimate of drug-likeness (QED) is 0.812. The van der Waals surface area contributed by atoms with Crippen molar-refractivity contribution in [2.45, 2.75) is 45.6 Å². The summed E-state index contributed by atoms with van der Waals surface area (Å²) in [6.07, 6.45) is 0.00578. The Morgan fingerprint density at radius 2 is 2.12 bits per heavy atom. The molecule has 1 amide bonds. The first-order valence-corrected chi connectivity index (χ1v) is 8.31. The molecule has 0 radical (unpaired) electrons. The van der Waals surface area contributed by atoms with Gasteiger partial charge in [-0.25, -0.2) is 0 Å². The summed E-state index contributed by atoms with van der Waals surface area (Å²) in [6.45, 7) is 7.32. The lowest BCUT2D eigenvalue weighted by Crippen LogP contribution is -2.54. The van der Waals surface area contributed by atoms with Gasteiger partial charge in [0.2, 0.25) is 11.7 Å². The van der Waals surface area contributed by atoms with Crippen LogP contribution in [0.15, 0.2) is 30.3 Å². The Bertz CT molecular complexity index is 716. The van der Waals surface area contributed by atoms with Crippen LogP contribution >= 0.6 is 0 Å². The second-order valence-corrected chi connectivity index (χ2v) is 6.80. The molecule has 8 nitrogen and oxygen atoms in total. The maximum absolute atomic E-state index is 12.5. The Kier molecular flexibility index (Phi) is 4.98. The standard InChI is InChI=1S/C17H23N5O3/c1-13-9-21(12-17(2,3)25-13)16(23)10-22-19-15(18-20-22)11-24-14-7-5-4-6-8-14/h4-8,13H,9-12H2,1-3H3. The molecule has 3 rings (SSSR count). The number of ether oxygens (including phenoxy) is 2. The zero-order valence-electron chi connectivity index (χ0n) is 14.8. The van der Waals surface area contributed by atoms with E-state index in [1.165, 1.54) is 4.80 Å². The zero-order chi connectivity index (χ0) is 17.9. The summed E-state index contributed by atoms with van der Waals surface area (Å²) in [5.41, 5.74) is -0.349. The second-order valence-electron chi connectivity index (χ2n) is 6.80. The lowest BCUT2D eigenvalue weighted by molar-refractivity contribution is -0.159. The van der Waals surface area contributed by atoms with Crippen molar-refractivity contribution in [3.63, 3.8) is 0 Å². The van der Waals surface area contributed by atoms with Gasteiger partial charge in [0.15, 0.2) is 6.61 Å². The van der Waals surface area contributed by atoms with Gasteiger partial charge in [-0.05, 0) is 38.1 Å². The minimum Gasteiger partial charge on any atom is -0.485 e. The van der Waals surface area contributed by atoms with Crippen molar-refractivity contribution in [3.05, 3.63) is 36.2 Å². The number of carbonyl (C=O) groups excluding carboxylic acids is 1. The smallest absolute Gasteiger partial charge is 0.246 e. The van der Waals surface area contributed by atoms with Gasteiger partial charge in [0.05, 0.1) is 11.7 Å². The number of nitrogens with zero attached hydrogens (tertiary/aromatic N) is 5. The molecule has 25 heavy (non-hydrogen) atoms. The van der Waals surface area contributed by atoms with Crippen molar-refractivity contribution < 1.29 is 14.3 Å². The molecular weight excluding hydrogens is 322 g/mol. The number of para-hydroxylation sites is 1. The number of rotatable bonds is 5. The molecule has 134 valence electrons. The van der Waals surface area contributed by atoms with Gasteiger partial charge in [-0.3, -0.25) is 4.79 Å². The van der Waals surface area contributed by atoms with Gasteiger partial charge in [0, 0.05) is 13.1 Å². The Hall–Kier alpha value is -2.48. The lowest BCUT2D eigenvalue weighted by Gasteiger charge is -2.41. The van der Waals surface area contributed by atoms with Crippen LogP contribution in [0.1, 0.15) is 26.6 Å². The number of hydrogen-bond donors (Lipinski definition) is 0. The Balaban J connectivity index is 1.55. The minimum absolute atomic E-state index is 0.00578. The normalized spacial score (nSPS) is 19.6. The van der Waals surface area contributed by atoms with Crippen molar-refractivity contribution in [2.24, 2.45) is 0 Å². The van der Waals surface area contributed by atoms with Crippen LogP contribution in [0.2, 0.25) is 0 Å². The minimum atomic E-state index is -0.349. The van der Waals surface area contributed by atoms with E-state index in [0.717, 1.165) is 5.75 Å². The number of morpholine rings is 1. The van der Waals surface area contributed by atoms with E-state index in [-0.39, 0.29) is 30.8 Å². The molecule has 1 aliphatic heterocycles. The molecule has 2 heterocycles. The first kappa shape index (κ1) is 17.3. The third-order valence-corrected chi connectivity index (χ3v) is 3.80. The van der Waals surface area contributed by atoms with Gasteiger partial charge in [-0.15, -0.1) is 10.2 Å². The molecule has 1 aromatic carbocycles. The van der Waals surface area contributed by atoms with Gasteiger partial charge >= 0.3 is 0 Å². The molecule has 0 aliphatic carbocycles. The van der Waals surface area contributed by atoms with Crippen LogP contribution in [0.3, 0.4) is 0 Å². The zero-order valence-corrected chi connectivity index (χ0v) is 14.8. The van der Waals surface area contributed by atoms with Crippen molar-refractivity contribution in [1.29, 1.82) is 0 Å². The van der Waals surface area contributed by atoms with E-state index < -0.39 is 0 Å².